The number of nitrogens with two attached hydrogens (primary N) is 1. The summed E-state index contributed by atoms with van der Waals surface area (Å²) in [4.78, 5) is 3.12. The fraction of sp³-hybridized carbons (Fsp3) is 0.600. The second-order valence-corrected chi connectivity index (χ2v) is 4.63. The Balaban J connectivity index is 2.20. The van der Waals surface area contributed by atoms with Gasteiger partial charge in [0.15, 0.2) is 0 Å². The molecule has 0 bridgehead atoms. The first kappa shape index (κ1) is 8.27. The third kappa shape index (κ3) is 1.54. The van der Waals surface area contributed by atoms with Gasteiger partial charge >= 0.3 is 0 Å². The van der Waals surface area contributed by atoms with Gasteiger partial charge in [-0.3, -0.25) is 0 Å². The number of fused-ring (bicyclic) bond motifs is 1. The molecule has 1 aliphatic rings. The zero-order valence-electron chi connectivity index (χ0n) is 7.31. The van der Waals surface area contributed by atoms with E-state index in [4.69, 9.17) is 5.73 Å². The first-order valence-corrected chi connectivity index (χ1v) is 5.52. The van der Waals surface area contributed by atoms with E-state index in [1.54, 1.807) is 10.4 Å². The zero-order valence-corrected chi connectivity index (χ0v) is 8.12. The third-order valence-corrected chi connectivity index (χ3v) is 3.74. The maximum Gasteiger partial charge on any atom is 0.00801 e. The van der Waals surface area contributed by atoms with E-state index in [0.717, 1.165) is 13.0 Å². The number of rotatable bonds is 2. The summed E-state index contributed by atoms with van der Waals surface area (Å²) in [5.74, 6) is 0. The lowest BCUT2D eigenvalue weighted by molar-refractivity contribution is 0.697. The van der Waals surface area contributed by atoms with Gasteiger partial charge in [0.25, 0.3) is 0 Å². The van der Waals surface area contributed by atoms with Crippen LogP contribution in [0.15, 0.2) is 6.07 Å². The molecule has 1 heterocycles. The number of hydrogen-bond acceptors (Lipinski definition) is 2. The normalized spacial score (nSPS) is 16.1. The summed E-state index contributed by atoms with van der Waals surface area (Å²) in [6, 6.07) is 2.37. The molecular formula is C10H15NS. The fourth-order valence-electron chi connectivity index (χ4n) is 1.82. The highest BCUT2D eigenvalue weighted by molar-refractivity contribution is 7.12. The molecule has 0 aliphatic heterocycles. The molecule has 1 aliphatic carbocycles. The van der Waals surface area contributed by atoms with E-state index >= 15 is 0 Å². The van der Waals surface area contributed by atoms with E-state index in [1.165, 1.54) is 30.6 Å². The molecule has 0 aromatic carbocycles. The van der Waals surface area contributed by atoms with Gasteiger partial charge in [-0.05, 0) is 50.3 Å². The average Bonchev–Trinajstić information content (AvgIpc) is 2.47. The van der Waals surface area contributed by atoms with Crippen LogP contribution in [0.5, 0.6) is 0 Å². The van der Waals surface area contributed by atoms with Crippen molar-refractivity contribution in [3.05, 3.63) is 21.4 Å². The van der Waals surface area contributed by atoms with E-state index in [-0.39, 0.29) is 0 Å². The molecule has 0 saturated carbocycles. The number of hydrogen-bond donors (Lipinski definition) is 1. The lowest BCUT2D eigenvalue weighted by Crippen LogP contribution is -2.00. The van der Waals surface area contributed by atoms with Crippen LogP contribution in [0.1, 0.15) is 28.2 Å². The molecule has 2 rings (SSSR count). The van der Waals surface area contributed by atoms with Crippen LogP contribution >= 0.6 is 11.3 Å². The smallest absolute Gasteiger partial charge is 0.00801 e. The highest BCUT2D eigenvalue weighted by Gasteiger charge is 2.12. The van der Waals surface area contributed by atoms with Crippen LogP contribution in [0, 0.1) is 0 Å². The molecule has 1 aromatic rings. The van der Waals surface area contributed by atoms with E-state index in [0.29, 0.717) is 0 Å². The Morgan fingerprint density at radius 1 is 1.33 bits per heavy atom. The quantitative estimate of drug-likeness (QED) is 0.743. The Labute approximate surface area is 77.6 Å². The van der Waals surface area contributed by atoms with E-state index in [1.807, 2.05) is 11.3 Å². The second kappa shape index (κ2) is 3.58. The fourth-order valence-corrected chi connectivity index (χ4v) is 3.09. The van der Waals surface area contributed by atoms with Crippen molar-refractivity contribution in [3.63, 3.8) is 0 Å². The Kier molecular flexibility index (Phi) is 2.47. The molecule has 0 atom stereocenters. The van der Waals surface area contributed by atoms with Gasteiger partial charge in [-0.25, -0.2) is 0 Å². The Morgan fingerprint density at radius 2 is 2.17 bits per heavy atom. The molecule has 12 heavy (non-hydrogen) atoms. The Bertz CT molecular complexity index is 241. The van der Waals surface area contributed by atoms with Crippen molar-refractivity contribution in [3.8, 4) is 0 Å². The molecule has 0 radical (unpaired) electrons. The summed E-state index contributed by atoms with van der Waals surface area (Å²) in [5, 5.41) is 0. The molecule has 0 unspecified atom stereocenters. The van der Waals surface area contributed by atoms with Gasteiger partial charge in [-0.1, -0.05) is 0 Å². The molecule has 2 N–H and O–H groups in total. The second-order valence-electron chi connectivity index (χ2n) is 3.41. The third-order valence-electron chi connectivity index (χ3n) is 2.44. The van der Waals surface area contributed by atoms with Gasteiger partial charge in [0, 0.05) is 9.75 Å². The highest BCUT2D eigenvalue weighted by Crippen LogP contribution is 2.29. The Hall–Kier alpha value is -0.340. The number of aryl methyl sites for hydroxylation is 2. The maximum absolute atomic E-state index is 5.53. The van der Waals surface area contributed by atoms with Gasteiger partial charge in [0.05, 0.1) is 0 Å². The highest BCUT2D eigenvalue weighted by atomic mass is 32.1. The largest absolute Gasteiger partial charge is 0.330 e. The van der Waals surface area contributed by atoms with E-state index in [9.17, 15) is 0 Å². The summed E-state index contributed by atoms with van der Waals surface area (Å²) in [6.07, 6.45) is 6.44. The van der Waals surface area contributed by atoms with E-state index < -0.39 is 0 Å². The minimum absolute atomic E-state index is 0.791. The van der Waals surface area contributed by atoms with Crippen LogP contribution < -0.4 is 5.73 Å². The maximum atomic E-state index is 5.53. The molecule has 0 fully saturated rings. The van der Waals surface area contributed by atoms with Gasteiger partial charge in [0.2, 0.25) is 0 Å². The molecule has 2 heteroatoms. The first-order valence-electron chi connectivity index (χ1n) is 4.70. The standard InChI is InChI=1S/C10H15NS/c11-6-5-9-7-8-3-1-2-4-10(8)12-9/h7H,1-6,11H2. The molecule has 0 saturated heterocycles. The van der Waals surface area contributed by atoms with Crippen molar-refractivity contribution in [1.82, 2.24) is 0 Å². The van der Waals surface area contributed by atoms with Crippen molar-refractivity contribution in [2.75, 3.05) is 6.54 Å². The average molecular weight is 181 g/mol. The van der Waals surface area contributed by atoms with Crippen molar-refractivity contribution in [2.45, 2.75) is 32.1 Å². The summed E-state index contributed by atoms with van der Waals surface area (Å²) >= 11 is 1.98. The van der Waals surface area contributed by atoms with Crippen molar-refractivity contribution >= 4 is 11.3 Å². The lowest BCUT2D eigenvalue weighted by atomic mass is 9.99. The predicted octanol–water partition coefficient (Wildman–Crippen LogP) is 2.13. The van der Waals surface area contributed by atoms with Crippen LogP contribution in [-0.4, -0.2) is 6.54 Å². The predicted molar refractivity (Wildman–Crippen MR) is 53.7 cm³/mol. The van der Waals surface area contributed by atoms with Gasteiger partial charge in [-0.2, -0.15) is 0 Å². The van der Waals surface area contributed by atoms with Gasteiger partial charge < -0.3 is 5.73 Å². The zero-order chi connectivity index (χ0) is 8.39. The molecule has 1 nitrogen and oxygen atoms in total. The first-order chi connectivity index (χ1) is 5.90. The minimum Gasteiger partial charge on any atom is -0.330 e. The monoisotopic (exact) mass is 181 g/mol. The van der Waals surface area contributed by atoms with Crippen molar-refractivity contribution in [1.29, 1.82) is 0 Å². The van der Waals surface area contributed by atoms with E-state index in [2.05, 4.69) is 6.07 Å². The minimum atomic E-state index is 0.791. The van der Waals surface area contributed by atoms with Crippen LogP contribution in [0.25, 0.3) is 0 Å². The van der Waals surface area contributed by atoms with Gasteiger partial charge in [0.1, 0.15) is 0 Å². The number of thiophene rings is 1. The molecule has 66 valence electrons. The Morgan fingerprint density at radius 3 is 2.92 bits per heavy atom. The SMILES string of the molecule is NCCc1cc2c(s1)CCCC2. The topological polar surface area (TPSA) is 26.0 Å². The summed E-state index contributed by atoms with van der Waals surface area (Å²) in [5.41, 5.74) is 7.13. The molecule has 0 amide bonds. The molecular weight excluding hydrogens is 166 g/mol. The lowest BCUT2D eigenvalue weighted by Gasteiger charge is -2.08. The molecule has 0 spiro atoms. The van der Waals surface area contributed by atoms with Crippen LogP contribution in [-0.2, 0) is 19.3 Å². The molecule has 1 aromatic heterocycles. The van der Waals surface area contributed by atoms with Crippen LogP contribution in [0.4, 0.5) is 0 Å². The van der Waals surface area contributed by atoms with Gasteiger partial charge in [-0.15, -0.1) is 11.3 Å². The van der Waals surface area contributed by atoms with Crippen molar-refractivity contribution in [2.24, 2.45) is 5.73 Å². The van der Waals surface area contributed by atoms with Crippen LogP contribution in [0.3, 0.4) is 0 Å². The van der Waals surface area contributed by atoms with Crippen LogP contribution in [0.2, 0.25) is 0 Å². The van der Waals surface area contributed by atoms with Crippen molar-refractivity contribution < 1.29 is 0 Å². The summed E-state index contributed by atoms with van der Waals surface area (Å²) in [7, 11) is 0. The summed E-state index contributed by atoms with van der Waals surface area (Å²) < 4.78 is 0. The summed E-state index contributed by atoms with van der Waals surface area (Å²) in [6.45, 7) is 0.791.